The highest BCUT2D eigenvalue weighted by Gasteiger charge is 2.27. The number of rotatable bonds is 6. The molecule has 5 nitrogen and oxygen atoms in total. The molecule has 0 fully saturated rings. The molecule has 0 spiro atoms. The molecule has 0 saturated heterocycles. The summed E-state index contributed by atoms with van der Waals surface area (Å²) in [5.41, 5.74) is 3.68. The first-order chi connectivity index (χ1) is 14.4. The van der Waals surface area contributed by atoms with Crippen LogP contribution >= 0.6 is 15.9 Å². The van der Waals surface area contributed by atoms with E-state index in [2.05, 4.69) is 21.2 Å². The first-order valence-electron chi connectivity index (χ1n) is 9.96. The zero-order chi connectivity index (χ0) is 21.3. The van der Waals surface area contributed by atoms with Crippen LogP contribution in [0.15, 0.2) is 46.9 Å². The van der Waals surface area contributed by atoms with Gasteiger partial charge in [0.05, 0.1) is 0 Å². The van der Waals surface area contributed by atoms with Crippen LogP contribution in [-0.2, 0) is 35.4 Å². The number of carbonyl (C=O) groups is 2. The summed E-state index contributed by atoms with van der Waals surface area (Å²) >= 11 is 3.50. The number of carboxylic acid groups (broad SMARTS) is 1. The number of halogens is 2. The van der Waals surface area contributed by atoms with Crippen molar-refractivity contribution in [3.05, 3.63) is 69.6 Å². The Balaban J connectivity index is 1.50. The number of hydrogen-bond donors (Lipinski definition) is 2. The quantitative estimate of drug-likeness (QED) is 0.563. The number of amides is 1. The van der Waals surface area contributed by atoms with Crippen molar-refractivity contribution in [2.24, 2.45) is 0 Å². The van der Waals surface area contributed by atoms with E-state index in [1.54, 1.807) is 10.6 Å². The molecule has 0 bridgehead atoms. The van der Waals surface area contributed by atoms with E-state index < -0.39 is 5.97 Å². The van der Waals surface area contributed by atoms with Crippen molar-refractivity contribution in [2.45, 2.75) is 44.7 Å². The molecule has 3 aromatic rings. The maximum atomic E-state index is 13.9. The molecular formula is C23H22BrFN2O3. The number of benzene rings is 2. The number of aromatic nitrogens is 1. The number of carboxylic acids is 1. The van der Waals surface area contributed by atoms with E-state index >= 15 is 0 Å². The van der Waals surface area contributed by atoms with Gasteiger partial charge >= 0.3 is 5.97 Å². The topological polar surface area (TPSA) is 71.3 Å². The lowest BCUT2D eigenvalue weighted by molar-refractivity contribution is -0.137. The number of nitrogens with one attached hydrogen (secondary N) is 1. The zero-order valence-electron chi connectivity index (χ0n) is 16.3. The second-order valence-electron chi connectivity index (χ2n) is 7.67. The monoisotopic (exact) mass is 472 g/mol. The van der Waals surface area contributed by atoms with E-state index in [1.165, 1.54) is 12.1 Å². The van der Waals surface area contributed by atoms with Gasteiger partial charge in [0.1, 0.15) is 12.4 Å². The van der Waals surface area contributed by atoms with Crippen molar-refractivity contribution in [2.75, 3.05) is 0 Å². The maximum Gasteiger partial charge on any atom is 0.323 e. The molecule has 1 aliphatic rings. The average Bonchev–Trinajstić information content (AvgIpc) is 2.99. The summed E-state index contributed by atoms with van der Waals surface area (Å²) in [5.74, 6) is -1.29. The van der Waals surface area contributed by atoms with E-state index in [9.17, 15) is 19.1 Å². The van der Waals surface area contributed by atoms with Gasteiger partial charge in [-0.3, -0.25) is 9.59 Å². The molecule has 7 heteroatoms. The lowest BCUT2D eigenvalue weighted by Gasteiger charge is -2.25. The highest BCUT2D eigenvalue weighted by molar-refractivity contribution is 9.10. The van der Waals surface area contributed by atoms with Gasteiger partial charge in [-0.1, -0.05) is 34.1 Å². The number of carbonyl (C=O) groups excluding carboxylic acids is 1. The molecule has 1 heterocycles. The van der Waals surface area contributed by atoms with Crippen molar-refractivity contribution >= 4 is 38.7 Å². The first-order valence-corrected chi connectivity index (χ1v) is 10.8. The van der Waals surface area contributed by atoms with Crippen LogP contribution in [-0.4, -0.2) is 27.6 Å². The summed E-state index contributed by atoms with van der Waals surface area (Å²) in [5, 5.41) is 13.1. The third-order valence-corrected chi connectivity index (χ3v) is 6.44. The molecule has 156 valence electrons. The van der Waals surface area contributed by atoms with Gasteiger partial charge in [-0.2, -0.15) is 0 Å². The predicted molar refractivity (Wildman–Crippen MR) is 116 cm³/mol. The van der Waals surface area contributed by atoms with Crippen molar-refractivity contribution in [1.29, 1.82) is 0 Å². The van der Waals surface area contributed by atoms with Crippen LogP contribution < -0.4 is 5.32 Å². The molecule has 1 atom stereocenters. The molecule has 2 aromatic carbocycles. The molecular weight excluding hydrogens is 451 g/mol. The molecule has 30 heavy (non-hydrogen) atoms. The second-order valence-corrected chi connectivity index (χ2v) is 8.52. The molecule has 1 aliphatic carbocycles. The van der Waals surface area contributed by atoms with E-state index in [1.807, 2.05) is 24.3 Å². The van der Waals surface area contributed by atoms with Crippen LogP contribution in [0.25, 0.3) is 10.9 Å². The molecule has 1 aromatic heterocycles. The molecule has 2 N–H and O–H groups in total. The molecule has 0 aliphatic heterocycles. The number of aryl methyl sites for hydroxylation is 1. The minimum Gasteiger partial charge on any atom is -0.480 e. The summed E-state index contributed by atoms with van der Waals surface area (Å²) in [6.07, 6.45) is 2.98. The van der Waals surface area contributed by atoms with Crippen LogP contribution in [0.3, 0.4) is 0 Å². The fraction of sp³-hybridized carbons (Fsp3) is 0.304. The summed E-state index contributed by atoms with van der Waals surface area (Å²) in [7, 11) is 0. The Morgan fingerprint density at radius 1 is 1.23 bits per heavy atom. The van der Waals surface area contributed by atoms with E-state index in [0.29, 0.717) is 25.7 Å². The number of nitrogens with zero attached hydrogens (tertiary/aromatic N) is 1. The first kappa shape index (κ1) is 20.6. The Morgan fingerprint density at radius 2 is 2.03 bits per heavy atom. The summed E-state index contributed by atoms with van der Waals surface area (Å²) in [4.78, 5) is 23.8. The van der Waals surface area contributed by atoms with Gasteiger partial charge in [-0.25, -0.2) is 4.39 Å². The minimum absolute atomic E-state index is 0.0142. The lowest BCUT2D eigenvalue weighted by Crippen LogP contribution is -2.39. The van der Waals surface area contributed by atoms with Crippen molar-refractivity contribution in [3.63, 3.8) is 0 Å². The molecule has 0 unspecified atom stereocenters. The normalized spacial score (nSPS) is 15.7. The van der Waals surface area contributed by atoms with Gasteiger partial charge in [0.15, 0.2) is 0 Å². The Kier molecular flexibility index (Phi) is 5.90. The largest absolute Gasteiger partial charge is 0.480 e. The van der Waals surface area contributed by atoms with Crippen LogP contribution in [0.1, 0.15) is 29.7 Å². The van der Waals surface area contributed by atoms with Crippen molar-refractivity contribution < 1.29 is 19.1 Å². The van der Waals surface area contributed by atoms with Crippen molar-refractivity contribution in [1.82, 2.24) is 9.88 Å². The molecule has 1 amide bonds. The predicted octanol–water partition coefficient (Wildman–Crippen LogP) is 4.23. The smallest absolute Gasteiger partial charge is 0.323 e. The Hall–Kier alpha value is -2.67. The van der Waals surface area contributed by atoms with Crippen LogP contribution in [0.4, 0.5) is 4.39 Å². The maximum absolute atomic E-state index is 13.9. The average molecular weight is 473 g/mol. The number of fused-ring (bicyclic) bond motifs is 3. The Bertz CT molecular complexity index is 1130. The van der Waals surface area contributed by atoms with Gasteiger partial charge in [-0.15, -0.1) is 0 Å². The highest BCUT2D eigenvalue weighted by atomic mass is 79.9. The summed E-state index contributed by atoms with van der Waals surface area (Å²) < 4.78 is 16.6. The summed E-state index contributed by atoms with van der Waals surface area (Å²) in [6.45, 7) is -0.152. The van der Waals surface area contributed by atoms with E-state index in [0.717, 1.165) is 38.6 Å². The van der Waals surface area contributed by atoms with Crippen LogP contribution in [0.2, 0.25) is 0 Å². The lowest BCUT2D eigenvalue weighted by atomic mass is 9.91. The summed E-state index contributed by atoms with van der Waals surface area (Å²) in [6, 6.07) is 12.3. The zero-order valence-corrected chi connectivity index (χ0v) is 17.9. The molecule has 0 radical (unpaired) electrons. The minimum atomic E-state index is -0.929. The third-order valence-electron chi connectivity index (χ3n) is 5.67. The Morgan fingerprint density at radius 3 is 2.80 bits per heavy atom. The SMILES string of the molecule is O=C(O)Cn1c2c(c3cc(F)ccc31)C[C@@H](NC(=O)CCc1ccccc1Br)CC2. The van der Waals surface area contributed by atoms with Crippen LogP contribution in [0.5, 0.6) is 0 Å². The number of aliphatic carboxylic acids is 1. The number of hydrogen-bond acceptors (Lipinski definition) is 2. The van der Waals surface area contributed by atoms with Crippen LogP contribution in [0, 0.1) is 5.82 Å². The van der Waals surface area contributed by atoms with Gasteiger partial charge in [0.25, 0.3) is 0 Å². The van der Waals surface area contributed by atoms with Gasteiger partial charge < -0.3 is 15.0 Å². The van der Waals surface area contributed by atoms with Gasteiger partial charge in [-0.05, 0) is 61.1 Å². The fourth-order valence-electron chi connectivity index (χ4n) is 4.31. The highest BCUT2D eigenvalue weighted by Crippen LogP contribution is 2.33. The van der Waals surface area contributed by atoms with Crippen molar-refractivity contribution in [3.8, 4) is 0 Å². The third kappa shape index (κ3) is 4.26. The van der Waals surface area contributed by atoms with Gasteiger partial charge in [0.2, 0.25) is 5.91 Å². The van der Waals surface area contributed by atoms with E-state index in [4.69, 9.17) is 0 Å². The molecule has 0 saturated carbocycles. The molecule has 4 rings (SSSR count). The van der Waals surface area contributed by atoms with E-state index in [-0.39, 0.29) is 24.3 Å². The fourth-order valence-corrected chi connectivity index (χ4v) is 4.79. The Labute approximate surface area is 182 Å². The second kappa shape index (κ2) is 8.60. The van der Waals surface area contributed by atoms with Gasteiger partial charge in [0, 0.05) is 33.5 Å². The standard InChI is InChI=1S/C23H22BrFN2O3/c24-19-4-2-1-3-14(19)5-10-22(28)26-16-7-9-21-18(12-16)17-11-15(25)6-8-20(17)27(21)13-23(29)30/h1-4,6,8,11,16H,5,7,9-10,12-13H2,(H,26,28)(H,29,30)/t16-/m0/s1.